The van der Waals surface area contributed by atoms with E-state index < -0.39 is 6.04 Å². The van der Waals surface area contributed by atoms with Crippen LogP contribution in [0.3, 0.4) is 0 Å². The summed E-state index contributed by atoms with van der Waals surface area (Å²) in [5, 5.41) is 4.86. The van der Waals surface area contributed by atoms with Crippen LogP contribution < -0.4 is 16.8 Å². The van der Waals surface area contributed by atoms with Gasteiger partial charge in [0.05, 0.1) is 0 Å². The molecule has 0 radical (unpaired) electrons. The smallest absolute Gasteiger partial charge is 0.242 e. The molecule has 1 atom stereocenters. The van der Waals surface area contributed by atoms with Crippen LogP contribution >= 0.6 is 11.3 Å². The van der Waals surface area contributed by atoms with Crippen LogP contribution in [0.1, 0.15) is 36.6 Å². The molecule has 0 saturated heterocycles. The predicted octanol–water partition coefficient (Wildman–Crippen LogP) is 0.908. The standard InChI is InChI=1S/C13H19N3O2S/c14-11(10-2-1-7-19-10)13(18)16-9-5-3-8(4-6-9)12(15)17/h1-2,7-9,11H,3-6,14H2,(H2,15,17)(H,16,18). The molecule has 2 rings (SSSR count). The highest BCUT2D eigenvalue weighted by atomic mass is 32.1. The number of rotatable bonds is 4. The van der Waals surface area contributed by atoms with Crippen LogP contribution in [0.15, 0.2) is 17.5 Å². The van der Waals surface area contributed by atoms with Gasteiger partial charge in [0.15, 0.2) is 0 Å². The molecule has 1 aliphatic rings. The number of thiophene rings is 1. The SMILES string of the molecule is NC(=O)C1CCC(NC(=O)C(N)c2cccs2)CC1. The largest absolute Gasteiger partial charge is 0.369 e. The summed E-state index contributed by atoms with van der Waals surface area (Å²) in [7, 11) is 0. The fraction of sp³-hybridized carbons (Fsp3) is 0.538. The molecule has 0 aliphatic heterocycles. The molecule has 1 aliphatic carbocycles. The van der Waals surface area contributed by atoms with E-state index in [1.54, 1.807) is 0 Å². The molecule has 1 heterocycles. The van der Waals surface area contributed by atoms with Gasteiger partial charge in [-0.3, -0.25) is 9.59 Å². The van der Waals surface area contributed by atoms with Crippen LogP contribution in [0.5, 0.6) is 0 Å². The highest BCUT2D eigenvalue weighted by Crippen LogP contribution is 2.24. The van der Waals surface area contributed by atoms with Crippen molar-refractivity contribution in [1.29, 1.82) is 0 Å². The van der Waals surface area contributed by atoms with Gasteiger partial charge in [0.25, 0.3) is 0 Å². The van der Waals surface area contributed by atoms with Crippen molar-refractivity contribution >= 4 is 23.2 Å². The number of hydrogen-bond acceptors (Lipinski definition) is 4. The van der Waals surface area contributed by atoms with E-state index >= 15 is 0 Å². The lowest BCUT2D eigenvalue weighted by molar-refractivity contribution is -0.124. The summed E-state index contributed by atoms with van der Waals surface area (Å²) in [6.45, 7) is 0. The van der Waals surface area contributed by atoms with Crippen molar-refractivity contribution < 1.29 is 9.59 Å². The van der Waals surface area contributed by atoms with E-state index in [4.69, 9.17) is 11.5 Å². The molecular weight excluding hydrogens is 262 g/mol. The Hall–Kier alpha value is -1.40. The van der Waals surface area contributed by atoms with Gasteiger partial charge in [0.2, 0.25) is 11.8 Å². The van der Waals surface area contributed by atoms with Gasteiger partial charge in [0.1, 0.15) is 6.04 Å². The Balaban J connectivity index is 1.82. The van der Waals surface area contributed by atoms with Gasteiger partial charge in [-0.05, 0) is 37.1 Å². The third-order valence-electron chi connectivity index (χ3n) is 3.61. The lowest BCUT2D eigenvalue weighted by Crippen LogP contribution is -2.43. The van der Waals surface area contributed by atoms with Crippen LogP contribution in [-0.2, 0) is 9.59 Å². The summed E-state index contributed by atoms with van der Waals surface area (Å²) in [6.07, 6.45) is 3.07. The number of primary amides is 1. The van der Waals surface area contributed by atoms with Crippen LogP contribution in [0, 0.1) is 5.92 Å². The average Bonchev–Trinajstić information content (AvgIpc) is 2.92. The molecule has 5 nitrogen and oxygen atoms in total. The highest BCUT2D eigenvalue weighted by molar-refractivity contribution is 7.10. The minimum atomic E-state index is -0.603. The average molecular weight is 281 g/mol. The molecule has 0 aromatic carbocycles. The van der Waals surface area contributed by atoms with Gasteiger partial charge in [-0.25, -0.2) is 0 Å². The third-order valence-corrected chi connectivity index (χ3v) is 4.56. The molecule has 19 heavy (non-hydrogen) atoms. The first-order chi connectivity index (χ1) is 9.08. The van der Waals surface area contributed by atoms with Crippen molar-refractivity contribution in [2.45, 2.75) is 37.8 Å². The highest BCUT2D eigenvalue weighted by Gasteiger charge is 2.27. The summed E-state index contributed by atoms with van der Waals surface area (Å²) in [6, 6.07) is 3.24. The zero-order valence-electron chi connectivity index (χ0n) is 10.7. The lowest BCUT2D eigenvalue weighted by Gasteiger charge is -2.28. The molecule has 6 heteroatoms. The number of carbonyl (C=O) groups is 2. The van der Waals surface area contributed by atoms with Gasteiger partial charge in [0, 0.05) is 16.8 Å². The van der Waals surface area contributed by atoms with E-state index in [2.05, 4.69) is 5.32 Å². The molecule has 1 aromatic heterocycles. The van der Waals surface area contributed by atoms with Gasteiger partial charge in [-0.15, -0.1) is 11.3 Å². The minimum Gasteiger partial charge on any atom is -0.369 e. The molecule has 1 unspecified atom stereocenters. The minimum absolute atomic E-state index is 0.0425. The summed E-state index contributed by atoms with van der Waals surface area (Å²) in [5.74, 6) is -0.427. The third kappa shape index (κ3) is 3.54. The van der Waals surface area contributed by atoms with Crippen molar-refractivity contribution in [1.82, 2.24) is 5.32 Å². The van der Waals surface area contributed by atoms with E-state index in [9.17, 15) is 9.59 Å². The van der Waals surface area contributed by atoms with Gasteiger partial charge in [-0.1, -0.05) is 6.07 Å². The van der Waals surface area contributed by atoms with Crippen molar-refractivity contribution in [3.63, 3.8) is 0 Å². The van der Waals surface area contributed by atoms with Gasteiger partial charge in [-0.2, -0.15) is 0 Å². The monoisotopic (exact) mass is 281 g/mol. The van der Waals surface area contributed by atoms with Gasteiger partial charge < -0.3 is 16.8 Å². The first kappa shape index (κ1) is 14.0. The molecule has 0 spiro atoms. The van der Waals surface area contributed by atoms with Crippen LogP contribution in [-0.4, -0.2) is 17.9 Å². The van der Waals surface area contributed by atoms with Crippen LogP contribution in [0.2, 0.25) is 0 Å². The quantitative estimate of drug-likeness (QED) is 0.765. The molecule has 1 saturated carbocycles. The zero-order valence-corrected chi connectivity index (χ0v) is 11.5. The second kappa shape index (κ2) is 6.16. The number of hydrogen-bond donors (Lipinski definition) is 3. The normalized spacial score (nSPS) is 24.7. The maximum atomic E-state index is 12.0. The Morgan fingerprint density at radius 1 is 1.32 bits per heavy atom. The summed E-state index contributed by atoms with van der Waals surface area (Å²) < 4.78 is 0. The Morgan fingerprint density at radius 3 is 2.53 bits per heavy atom. The Morgan fingerprint density at radius 2 is 2.00 bits per heavy atom. The van der Waals surface area contributed by atoms with Crippen molar-refractivity contribution in [2.75, 3.05) is 0 Å². The maximum Gasteiger partial charge on any atom is 0.242 e. The summed E-state index contributed by atoms with van der Waals surface area (Å²) in [5.41, 5.74) is 11.2. The van der Waals surface area contributed by atoms with Crippen molar-refractivity contribution in [3.8, 4) is 0 Å². The summed E-state index contributed by atoms with van der Waals surface area (Å²) >= 11 is 1.48. The molecule has 104 valence electrons. The second-order valence-electron chi connectivity index (χ2n) is 4.95. The molecule has 0 bridgehead atoms. The maximum absolute atomic E-state index is 12.0. The topological polar surface area (TPSA) is 98.2 Å². The van der Waals surface area contributed by atoms with E-state index in [1.807, 2.05) is 17.5 Å². The Bertz CT molecular complexity index is 439. The van der Waals surface area contributed by atoms with E-state index in [0.29, 0.717) is 0 Å². The van der Waals surface area contributed by atoms with Crippen molar-refractivity contribution in [2.24, 2.45) is 17.4 Å². The molecule has 2 amide bonds. The zero-order chi connectivity index (χ0) is 13.8. The van der Waals surface area contributed by atoms with Gasteiger partial charge >= 0.3 is 0 Å². The second-order valence-corrected chi connectivity index (χ2v) is 5.93. The Kier molecular flexibility index (Phi) is 4.55. The number of nitrogens with two attached hydrogens (primary N) is 2. The molecule has 1 aromatic rings. The fourth-order valence-electron chi connectivity index (χ4n) is 2.41. The number of carbonyl (C=O) groups excluding carboxylic acids is 2. The number of nitrogens with one attached hydrogen (secondary N) is 1. The lowest BCUT2D eigenvalue weighted by atomic mass is 9.85. The van der Waals surface area contributed by atoms with E-state index in [-0.39, 0.29) is 23.8 Å². The first-order valence-corrected chi connectivity index (χ1v) is 7.34. The first-order valence-electron chi connectivity index (χ1n) is 6.46. The molecule has 1 fully saturated rings. The van der Waals surface area contributed by atoms with Crippen molar-refractivity contribution in [3.05, 3.63) is 22.4 Å². The van der Waals surface area contributed by atoms with E-state index in [0.717, 1.165) is 30.6 Å². The Labute approximate surface area is 116 Å². The van der Waals surface area contributed by atoms with Crippen LogP contribution in [0.25, 0.3) is 0 Å². The van der Waals surface area contributed by atoms with E-state index in [1.165, 1.54) is 11.3 Å². The predicted molar refractivity (Wildman–Crippen MR) is 74.3 cm³/mol. The number of amides is 2. The fourth-order valence-corrected chi connectivity index (χ4v) is 3.14. The van der Waals surface area contributed by atoms with Crippen LogP contribution in [0.4, 0.5) is 0 Å². The molecule has 5 N–H and O–H groups in total. The summed E-state index contributed by atoms with van der Waals surface area (Å²) in [4.78, 5) is 23.9. The molecular formula is C13H19N3O2S.